The van der Waals surface area contributed by atoms with Crippen LogP contribution in [0.4, 0.5) is 5.69 Å². The van der Waals surface area contributed by atoms with E-state index in [0.717, 1.165) is 17.3 Å². The van der Waals surface area contributed by atoms with Gasteiger partial charge < -0.3 is 5.32 Å². The van der Waals surface area contributed by atoms with Gasteiger partial charge in [-0.05, 0) is 50.2 Å². The molecule has 7 nitrogen and oxygen atoms in total. The summed E-state index contributed by atoms with van der Waals surface area (Å²) in [5, 5.41) is 2.58. The molecule has 1 aliphatic heterocycles. The number of nitrogens with one attached hydrogen (secondary N) is 1. The number of carbonyl (C=O) groups excluding carboxylic acids is 2. The topological polar surface area (TPSA) is 95.9 Å². The number of hydrogen-bond donors (Lipinski definition) is 1. The van der Waals surface area contributed by atoms with Crippen LogP contribution in [0.25, 0.3) is 0 Å². The molecule has 2 amide bonds. The Hall–Kier alpha value is -2.36. The molecule has 0 radical (unpaired) electrons. The highest BCUT2D eigenvalue weighted by Gasteiger charge is 2.39. The number of thioether (sulfide) groups is 1. The minimum atomic E-state index is -3.97. The van der Waals surface area contributed by atoms with Crippen LogP contribution < -0.4 is 5.32 Å². The molecule has 1 fully saturated rings. The number of halogens is 1. The fourth-order valence-electron chi connectivity index (χ4n) is 2.78. The monoisotopic (exact) mass is 465 g/mol. The molecule has 1 saturated heterocycles. The van der Waals surface area contributed by atoms with Gasteiger partial charge in [0.2, 0.25) is 11.8 Å². The number of amides is 2. The Morgan fingerprint density at radius 3 is 2.40 bits per heavy atom. The molecule has 158 valence electrons. The molecule has 1 aliphatic rings. The van der Waals surface area contributed by atoms with Crippen molar-refractivity contribution in [2.45, 2.75) is 30.4 Å². The number of anilines is 1. The third-order valence-electron chi connectivity index (χ3n) is 4.35. The van der Waals surface area contributed by atoms with Gasteiger partial charge in [-0.25, -0.2) is 0 Å². The zero-order valence-electron chi connectivity index (χ0n) is 16.3. The van der Waals surface area contributed by atoms with E-state index in [4.69, 9.17) is 11.6 Å². The number of amidine groups is 1. The molecule has 1 atom stereocenters. The van der Waals surface area contributed by atoms with Crippen LogP contribution >= 0.6 is 23.4 Å². The van der Waals surface area contributed by atoms with E-state index in [9.17, 15) is 18.0 Å². The summed E-state index contributed by atoms with van der Waals surface area (Å²) in [6.07, 6.45) is -0.105. The van der Waals surface area contributed by atoms with E-state index in [0.29, 0.717) is 10.7 Å². The summed E-state index contributed by atoms with van der Waals surface area (Å²) in [6, 6.07) is 12.9. The molecule has 30 heavy (non-hydrogen) atoms. The van der Waals surface area contributed by atoms with Crippen molar-refractivity contribution < 1.29 is 18.0 Å². The first-order chi connectivity index (χ1) is 14.2. The molecule has 1 unspecified atom stereocenters. The highest BCUT2D eigenvalue weighted by molar-refractivity contribution is 8.16. The van der Waals surface area contributed by atoms with Crippen LogP contribution in [0.3, 0.4) is 0 Å². The standard InChI is InChI=1S/C20H20ClN3O4S2/c1-3-24-19(26)17(12-18(25)22-15-8-6-14(21)7-9-15)29-20(24)23-30(27,28)16-10-4-13(2)5-11-16/h4-11,17H,3,12H2,1-2H3,(H,22,25)/b23-20+. The SMILES string of the molecule is CCN1C(=O)C(CC(=O)Nc2ccc(Cl)cc2)S/C1=N/S(=O)(=O)c1ccc(C)cc1. The van der Waals surface area contributed by atoms with Gasteiger partial charge in [-0.1, -0.05) is 41.1 Å². The van der Waals surface area contributed by atoms with Crippen molar-refractivity contribution in [2.24, 2.45) is 4.40 Å². The van der Waals surface area contributed by atoms with E-state index in [1.54, 1.807) is 43.3 Å². The van der Waals surface area contributed by atoms with Crippen LogP contribution in [0, 0.1) is 6.92 Å². The molecule has 2 aromatic rings. The molecular formula is C20H20ClN3O4S2. The summed E-state index contributed by atoms with van der Waals surface area (Å²) in [5.74, 6) is -0.700. The number of aryl methyl sites for hydroxylation is 1. The summed E-state index contributed by atoms with van der Waals surface area (Å²) in [5.41, 5.74) is 1.48. The van der Waals surface area contributed by atoms with Crippen LogP contribution in [-0.2, 0) is 19.6 Å². The van der Waals surface area contributed by atoms with E-state index in [-0.39, 0.29) is 34.8 Å². The third kappa shape index (κ3) is 5.21. The Kier molecular flexibility index (Phi) is 6.84. The average Bonchev–Trinajstić information content (AvgIpc) is 2.97. The number of sulfonamides is 1. The van der Waals surface area contributed by atoms with Crippen molar-refractivity contribution in [1.29, 1.82) is 0 Å². The Morgan fingerprint density at radius 2 is 1.80 bits per heavy atom. The second-order valence-corrected chi connectivity index (χ2v) is 9.82. The van der Waals surface area contributed by atoms with Crippen LogP contribution in [0.2, 0.25) is 5.02 Å². The lowest BCUT2D eigenvalue weighted by molar-refractivity contribution is -0.128. The lowest BCUT2D eigenvalue weighted by Gasteiger charge is -2.13. The van der Waals surface area contributed by atoms with E-state index < -0.39 is 15.3 Å². The van der Waals surface area contributed by atoms with E-state index in [2.05, 4.69) is 9.71 Å². The van der Waals surface area contributed by atoms with Crippen LogP contribution in [0.15, 0.2) is 57.8 Å². The van der Waals surface area contributed by atoms with Crippen molar-refractivity contribution in [3.05, 3.63) is 59.1 Å². The first-order valence-corrected chi connectivity index (χ1v) is 11.8. The predicted octanol–water partition coefficient (Wildman–Crippen LogP) is 3.69. The maximum atomic E-state index is 12.7. The molecule has 10 heteroatoms. The Labute approximate surface area is 184 Å². The van der Waals surface area contributed by atoms with Gasteiger partial charge in [0, 0.05) is 23.7 Å². The highest BCUT2D eigenvalue weighted by atomic mass is 35.5. The van der Waals surface area contributed by atoms with E-state index >= 15 is 0 Å². The van der Waals surface area contributed by atoms with Crippen LogP contribution in [-0.4, -0.2) is 42.1 Å². The molecule has 0 aromatic heterocycles. The minimum Gasteiger partial charge on any atom is -0.326 e. The smallest absolute Gasteiger partial charge is 0.284 e. The van der Waals surface area contributed by atoms with Crippen molar-refractivity contribution >= 4 is 56.1 Å². The molecule has 0 bridgehead atoms. The zero-order chi connectivity index (χ0) is 21.9. The molecule has 1 heterocycles. The van der Waals surface area contributed by atoms with Gasteiger partial charge >= 0.3 is 0 Å². The Morgan fingerprint density at radius 1 is 1.17 bits per heavy atom. The minimum absolute atomic E-state index is 0.0497. The second kappa shape index (κ2) is 9.20. The van der Waals surface area contributed by atoms with Crippen LogP contribution in [0.5, 0.6) is 0 Å². The fourth-order valence-corrected chi connectivity index (χ4v) is 5.33. The summed E-state index contributed by atoms with van der Waals surface area (Å²) < 4.78 is 29.1. The molecule has 2 aromatic carbocycles. The molecule has 0 saturated carbocycles. The molecular weight excluding hydrogens is 446 g/mol. The van der Waals surface area contributed by atoms with Crippen molar-refractivity contribution in [2.75, 3.05) is 11.9 Å². The maximum Gasteiger partial charge on any atom is 0.284 e. The van der Waals surface area contributed by atoms with Gasteiger partial charge in [0.1, 0.15) is 5.25 Å². The average molecular weight is 466 g/mol. The third-order valence-corrected chi connectivity index (χ3v) is 7.18. The fraction of sp³-hybridized carbons (Fsp3) is 0.250. The number of nitrogens with zero attached hydrogens (tertiary/aromatic N) is 2. The quantitative estimate of drug-likeness (QED) is 0.701. The zero-order valence-corrected chi connectivity index (χ0v) is 18.7. The van der Waals surface area contributed by atoms with Gasteiger partial charge in [0.05, 0.1) is 4.90 Å². The molecule has 0 aliphatic carbocycles. The van der Waals surface area contributed by atoms with Crippen molar-refractivity contribution in [3.63, 3.8) is 0 Å². The van der Waals surface area contributed by atoms with Gasteiger partial charge in [0.15, 0.2) is 5.17 Å². The summed E-state index contributed by atoms with van der Waals surface area (Å²) in [6.45, 7) is 3.83. The van der Waals surface area contributed by atoms with Crippen molar-refractivity contribution in [3.8, 4) is 0 Å². The van der Waals surface area contributed by atoms with Gasteiger partial charge in [-0.3, -0.25) is 14.5 Å². The molecule has 1 N–H and O–H groups in total. The molecule has 0 spiro atoms. The number of rotatable bonds is 6. The molecule has 3 rings (SSSR count). The first-order valence-electron chi connectivity index (χ1n) is 9.14. The van der Waals surface area contributed by atoms with Crippen molar-refractivity contribution in [1.82, 2.24) is 4.90 Å². The predicted molar refractivity (Wildman–Crippen MR) is 119 cm³/mol. The highest BCUT2D eigenvalue weighted by Crippen LogP contribution is 2.31. The second-order valence-electron chi connectivity index (χ2n) is 6.61. The summed E-state index contributed by atoms with van der Waals surface area (Å²) in [7, 11) is -3.97. The van der Waals surface area contributed by atoms with E-state index in [1.807, 2.05) is 6.92 Å². The van der Waals surface area contributed by atoms with Gasteiger partial charge in [-0.15, -0.1) is 4.40 Å². The summed E-state index contributed by atoms with van der Waals surface area (Å²) in [4.78, 5) is 26.4. The normalized spacial score (nSPS) is 18.1. The lowest BCUT2D eigenvalue weighted by Crippen LogP contribution is -2.33. The lowest BCUT2D eigenvalue weighted by atomic mass is 10.2. The largest absolute Gasteiger partial charge is 0.326 e. The number of hydrogen-bond acceptors (Lipinski definition) is 5. The Bertz CT molecular complexity index is 1080. The van der Waals surface area contributed by atoms with Crippen LogP contribution in [0.1, 0.15) is 18.9 Å². The van der Waals surface area contributed by atoms with Gasteiger partial charge in [-0.2, -0.15) is 8.42 Å². The number of benzene rings is 2. The maximum absolute atomic E-state index is 12.7. The summed E-state index contributed by atoms with van der Waals surface area (Å²) >= 11 is 6.81. The Balaban J connectivity index is 1.75. The number of carbonyl (C=O) groups is 2. The first kappa shape index (κ1) is 22.3. The van der Waals surface area contributed by atoms with E-state index in [1.165, 1.54) is 17.0 Å². The van der Waals surface area contributed by atoms with Gasteiger partial charge in [0.25, 0.3) is 10.0 Å².